The molecule has 1 amide bonds. The SMILES string of the molecule is CC(NC(=O)C1=CONC(c2ccccc2)=N1)c1ccc(N)cc1. The molecule has 0 aliphatic carbocycles. The monoisotopic (exact) mass is 322 g/mol. The molecule has 0 bridgehead atoms. The van der Waals surface area contributed by atoms with Crippen LogP contribution in [0.4, 0.5) is 5.69 Å². The lowest BCUT2D eigenvalue weighted by molar-refractivity contribution is -0.118. The Balaban J connectivity index is 1.71. The van der Waals surface area contributed by atoms with E-state index in [2.05, 4.69) is 15.8 Å². The van der Waals surface area contributed by atoms with Crippen molar-refractivity contribution in [2.24, 2.45) is 4.99 Å². The van der Waals surface area contributed by atoms with Crippen molar-refractivity contribution < 1.29 is 9.63 Å². The summed E-state index contributed by atoms with van der Waals surface area (Å²) < 4.78 is 0. The van der Waals surface area contributed by atoms with Crippen molar-refractivity contribution in [3.05, 3.63) is 77.7 Å². The van der Waals surface area contributed by atoms with E-state index in [0.29, 0.717) is 11.5 Å². The number of hydroxylamine groups is 1. The zero-order valence-corrected chi connectivity index (χ0v) is 13.2. The molecule has 2 aromatic carbocycles. The summed E-state index contributed by atoms with van der Waals surface area (Å²) in [5.41, 5.74) is 11.1. The van der Waals surface area contributed by atoms with E-state index in [9.17, 15) is 4.79 Å². The summed E-state index contributed by atoms with van der Waals surface area (Å²) in [6, 6.07) is 16.6. The lowest BCUT2D eigenvalue weighted by Gasteiger charge is -2.18. The van der Waals surface area contributed by atoms with Crippen molar-refractivity contribution >= 4 is 17.4 Å². The third-order valence-electron chi connectivity index (χ3n) is 3.62. The van der Waals surface area contributed by atoms with Gasteiger partial charge >= 0.3 is 0 Å². The number of hydrogen-bond donors (Lipinski definition) is 3. The molecule has 1 unspecified atom stereocenters. The smallest absolute Gasteiger partial charge is 0.273 e. The molecular weight excluding hydrogens is 304 g/mol. The molecule has 3 rings (SSSR count). The third kappa shape index (κ3) is 3.55. The number of carbonyl (C=O) groups is 1. The van der Waals surface area contributed by atoms with E-state index in [1.54, 1.807) is 12.1 Å². The van der Waals surface area contributed by atoms with Crippen LogP contribution in [0.5, 0.6) is 0 Å². The van der Waals surface area contributed by atoms with Gasteiger partial charge in [-0.1, -0.05) is 42.5 Å². The van der Waals surface area contributed by atoms with E-state index >= 15 is 0 Å². The van der Waals surface area contributed by atoms with Gasteiger partial charge in [0.05, 0.1) is 6.04 Å². The fourth-order valence-electron chi connectivity index (χ4n) is 2.27. The minimum absolute atomic E-state index is 0.177. The van der Waals surface area contributed by atoms with Crippen molar-refractivity contribution in [2.75, 3.05) is 5.73 Å². The first kappa shape index (κ1) is 15.6. The predicted molar refractivity (Wildman–Crippen MR) is 92.7 cm³/mol. The zero-order valence-electron chi connectivity index (χ0n) is 13.2. The molecule has 0 saturated heterocycles. The van der Waals surface area contributed by atoms with Crippen LogP contribution in [0.1, 0.15) is 24.1 Å². The minimum atomic E-state index is -0.311. The average molecular weight is 322 g/mol. The Kier molecular flexibility index (Phi) is 4.47. The molecule has 4 N–H and O–H groups in total. The number of nitrogens with zero attached hydrogens (tertiary/aromatic N) is 1. The van der Waals surface area contributed by atoms with E-state index in [1.165, 1.54) is 6.26 Å². The number of anilines is 1. The van der Waals surface area contributed by atoms with Crippen molar-refractivity contribution in [1.29, 1.82) is 0 Å². The predicted octanol–water partition coefficient (Wildman–Crippen LogP) is 2.27. The molecule has 6 nitrogen and oxygen atoms in total. The van der Waals surface area contributed by atoms with Crippen LogP contribution in [0.15, 0.2) is 71.5 Å². The van der Waals surface area contributed by atoms with Gasteiger partial charge in [-0.25, -0.2) is 10.5 Å². The lowest BCUT2D eigenvalue weighted by atomic mass is 10.1. The summed E-state index contributed by atoms with van der Waals surface area (Å²) in [5, 5.41) is 2.89. The van der Waals surface area contributed by atoms with Crippen molar-refractivity contribution in [1.82, 2.24) is 10.8 Å². The first-order chi connectivity index (χ1) is 11.6. The minimum Gasteiger partial charge on any atom is -0.399 e. The molecule has 122 valence electrons. The average Bonchev–Trinajstić information content (AvgIpc) is 2.63. The number of nitrogens with two attached hydrogens (primary N) is 1. The second-order valence-corrected chi connectivity index (χ2v) is 5.41. The highest BCUT2D eigenvalue weighted by Gasteiger charge is 2.18. The van der Waals surface area contributed by atoms with Crippen LogP contribution in [-0.2, 0) is 9.63 Å². The van der Waals surface area contributed by atoms with E-state index in [0.717, 1.165) is 11.1 Å². The van der Waals surface area contributed by atoms with Gasteiger partial charge in [-0.2, -0.15) is 0 Å². The van der Waals surface area contributed by atoms with E-state index in [4.69, 9.17) is 10.6 Å². The van der Waals surface area contributed by atoms with Crippen LogP contribution in [0.2, 0.25) is 0 Å². The molecule has 0 fully saturated rings. The highest BCUT2D eigenvalue weighted by atomic mass is 16.6. The molecule has 24 heavy (non-hydrogen) atoms. The molecule has 1 atom stereocenters. The number of amidine groups is 1. The Labute approximate surface area is 140 Å². The number of hydrogen-bond acceptors (Lipinski definition) is 5. The second-order valence-electron chi connectivity index (χ2n) is 5.41. The first-order valence-electron chi connectivity index (χ1n) is 7.56. The van der Waals surface area contributed by atoms with E-state index in [1.807, 2.05) is 49.4 Å². The van der Waals surface area contributed by atoms with Crippen molar-refractivity contribution in [3.8, 4) is 0 Å². The highest BCUT2D eigenvalue weighted by molar-refractivity contribution is 6.03. The summed E-state index contributed by atoms with van der Waals surface area (Å²) in [7, 11) is 0. The van der Waals surface area contributed by atoms with E-state index < -0.39 is 0 Å². The van der Waals surface area contributed by atoms with Crippen LogP contribution < -0.4 is 16.5 Å². The second kappa shape index (κ2) is 6.87. The fraction of sp³-hybridized carbons (Fsp3) is 0.111. The number of aliphatic imine (C=N–C) groups is 1. The van der Waals surface area contributed by atoms with Gasteiger partial charge in [0.2, 0.25) is 0 Å². The molecule has 2 aromatic rings. The normalized spacial score (nSPS) is 14.5. The zero-order chi connectivity index (χ0) is 16.9. The number of rotatable bonds is 4. The maximum Gasteiger partial charge on any atom is 0.273 e. The Hall–Kier alpha value is -3.28. The van der Waals surface area contributed by atoms with Gasteiger partial charge in [0.15, 0.2) is 17.8 Å². The molecule has 1 aliphatic heterocycles. The number of amides is 1. The quantitative estimate of drug-likeness (QED) is 0.753. The molecule has 1 heterocycles. The van der Waals surface area contributed by atoms with Gasteiger partial charge in [-0.3, -0.25) is 4.79 Å². The van der Waals surface area contributed by atoms with Gasteiger partial charge in [0, 0.05) is 11.3 Å². The van der Waals surface area contributed by atoms with Gasteiger partial charge in [0.1, 0.15) is 0 Å². The number of benzene rings is 2. The third-order valence-corrected chi connectivity index (χ3v) is 3.62. The number of carbonyl (C=O) groups excluding carboxylic acids is 1. The molecular formula is C18H18N4O2. The highest BCUT2D eigenvalue weighted by Crippen LogP contribution is 2.16. The standard InChI is InChI=1S/C18H18N4O2/c1-12(13-7-9-15(19)10-8-13)20-18(23)16-11-24-22-17(21-16)14-5-3-2-4-6-14/h2-12H,19H2,1H3,(H,20,23)(H,21,22). The Morgan fingerprint density at radius 3 is 2.58 bits per heavy atom. The number of nitrogen functional groups attached to an aromatic ring is 1. The summed E-state index contributed by atoms with van der Waals surface area (Å²) in [4.78, 5) is 21.9. The van der Waals surface area contributed by atoms with Crippen molar-refractivity contribution in [3.63, 3.8) is 0 Å². The van der Waals surface area contributed by atoms with E-state index in [-0.39, 0.29) is 17.6 Å². The van der Waals surface area contributed by atoms with Gasteiger partial charge < -0.3 is 15.9 Å². The topological polar surface area (TPSA) is 88.7 Å². The molecule has 0 aromatic heterocycles. The van der Waals surface area contributed by atoms with Crippen LogP contribution >= 0.6 is 0 Å². The van der Waals surface area contributed by atoms with Gasteiger partial charge in [-0.05, 0) is 24.6 Å². The van der Waals surface area contributed by atoms with Crippen LogP contribution in [0.25, 0.3) is 0 Å². The lowest BCUT2D eigenvalue weighted by Crippen LogP contribution is -2.32. The fourth-order valence-corrected chi connectivity index (χ4v) is 2.27. The van der Waals surface area contributed by atoms with Crippen molar-refractivity contribution in [2.45, 2.75) is 13.0 Å². The number of nitrogens with one attached hydrogen (secondary N) is 2. The Morgan fingerprint density at radius 2 is 1.88 bits per heavy atom. The van der Waals surface area contributed by atoms with Crippen LogP contribution in [0, 0.1) is 0 Å². The Morgan fingerprint density at radius 1 is 1.17 bits per heavy atom. The Bertz CT molecular complexity index is 782. The van der Waals surface area contributed by atoms with Crippen LogP contribution in [-0.4, -0.2) is 11.7 Å². The molecule has 0 saturated carbocycles. The summed E-state index contributed by atoms with van der Waals surface area (Å²) in [6.07, 6.45) is 1.29. The summed E-state index contributed by atoms with van der Waals surface area (Å²) in [5.74, 6) is 0.178. The van der Waals surface area contributed by atoms with Crippen LogP contribution in [0.3, 0.4) is 0 Å². The molecule has 1 aliphatic rings. The maximum absolute atomic E-state index is 12.4. The van der Waals surface area contributed by atoms with Gasteiger partial charge in [0.25, 0.3) is 5.91 Å². The summed E-state index contributed by atoms with van der Waals surface area (Å²) >= 11 is 0. The summed E-state index contributed by atoms with van der Waals surface area (Å²) in [6.45, 7) is 1.90. The first-order valence-corrected chi connectivity index (χ1v) is 7.56. The molecule has 0 spiro atoms. The molecule has 0 radical (unpaired) electrons. The molecule has 6 heteroatoms. The van der Waals surface area contributed by atoms with Gasteiger partial charge in [-0.15, -0.1) is 0 Å². The maximum atomic E-state index is 12.4. The largest absolute Gasteiger partial charge is 0.399 e.